The lowest BCUT2D eigenvalue weighted by atomic mass is 10.2. The van der Waals surface area contributed by atoms with Crippen molar-refractivity contribution in [1.29, 1.82) is 0 Å². The Bertz CT molecular complexity index is 1180. The predicted octanol–water partition coefficient (Wildman–Crippen LogP) is 2.50. The number of anilines is 2. The molecule has 3 aromatic rings. The molecule has 8 nitrogen and oxygen atoms in total. The molecule has 0 bridgehead atoms. The summed E-state index contributed by atoms with van der Waals surface area (Å²) in [5.41, 5.74) is 0.890. The summed E-state index contributed by atoms with van der Waals surface area (Å²) in [6.07, 6.45) is 1.48. The summed E-state index contributed by atoms with van der Waals surface area (Å²) in [4.78, 5) is 15.9. The second kappa shape index (κ2) is 8.72. The van der Waals surface area contributed by atoms with Gasteiger partial charge in [-0.1, -0.05) is 30.3 Å². The number of carbonyl (C=O) groups excluding carboxylic acids is 1. The molecule has 0 spiro atoms. The van der Waals surface area contributed by atoms with E-state index >= 15 is 0 Å². The monoisotopic (exact) mass is 451 g/mol. The number of amides is 1. The summed E-state index contributed by atoms with van der Waals surface area (Å²) < 4.78 is 51.3. The van der Waals surface area contributed by atoms with Gasteiger partial charge in [0.15, 0.2) is 15.0 Å². The highest BCUT2D eigenvalue weighted by molar-refractivity contribution is 7.93. The predicted molar refractivity (Wildman–Crippen MR) is 112 cm³/mol. The van der Waals surface area contributed by atoms with Crippen molar-refractivity contribution in [1.82, 2.24) is 4.98 Å². The highest BCUT2D eigenvalue weighted by Crippen LogP contribution is 2.19. The van der Waals surface area contributed by atoms with Gasteiger partial charge >= 0.3 is 0 Å². The lowest BCUT2D eigenvalue weighted by Gasteiger charge is -2.08. The molecule has 1 aromatic heterocycles. The number of sulfone groups is 1. The van der Waals surface area contributed by atoms with Gasteiger partial charge in [0.25, 0.3) is 10.0 Å². The van der Waals surface area contributed by atoms with Crippen LogP contribution in [0.4, 0.5) is 10.8 Å². The molecule has 0 saturated heterocycles. The molecule has 3 rings (SSSR count). The van der Waals surface area contributed by atoms with Gasteiger partial charge in [-0.2, -0.15) is 0 Å². The third-order valence-corrected chi connectivity index (χ3v) is 7.33. The lowest BCUT2D eigenvalue weighted by Crippen LogP contribution is -2.24. The van der Waals surface area contributed by atoms with Crippen LogP contribution in [0.2, 0.25) is 0 Å². The summed E-state index contributed by atoms with van der Waals surface area (Å²) in [6, 6.07) is 14.0. The van der Waals surface area contributed by atoms with E-state index in [1.807, 2.05) is 0 Å². The number of nitrogens with one attached hydrogen (secondary N) is 2. The van der Waals surface area contributed by atoms with Gasteiger partial charge in [0.2, 0.25) is 5.91 Å². The normalized spacial score (nSPS) is 11.7. The van der Waals surface area contributed by atoms with Crippen LogP contribution in [0, 0.1) is 0 Å². The standard InChI is InChI=1S/C18H17N3O5S3/c22-17(13-28(23,24)12-14-4-2-1-3-5-14)20-15-6-8-16(9-7-15)29(25,26)21-18-19-10-11-27-18/h1-11H,12-13H2,(H,19,21)(H,20,22). The summed E-state index contributed by atoms with van der Waals surface area (Å²) in [7, 11) is -7.44. The maximum atomic E-state index is 12.3. The number of rotatable bonds is 8. The van der Waals surface area contributed by atoms with Crippen LogP contribution in [0.1, 0.15) is 5.56 Å². The van der Waals surface area contributed by atoms with Crippen LogP contribution < -0.4 is 10.0 Å². The van der Waals surface area contributed by atoms with Gasteiger partial charge in [-0.05, 0) is 29.8 Å². The van der Waals surface area contributed by atoms with Crippen LogP contribution in [0.5, 0.6) is 0 Å². The van der Waals surface area contributed by atoms with Crippen LogP contribution in [0.3, 0.4) is 0 Å². The summed E-state index contributed by atoms with van der Waals surface area (Å²) >= 11 is 1.15. The summed E-state index contributed by atoms with van der Waals surface area (Å²) in [6.45, 7) is 0. The summed E-state index contributed by atoms with van der Waals surface area (Å²) in [5.74, 6) is -1.61. The minimum Gasteiger partial charge on any atom is -0.325 e. The first-order chi connectivity index (χ1) is 13.7. The molecule has 2 aromatic carbocycles. The second-order valence-electron chi connectivity index (χ2n) is 6.03. The average Bonchev–Trinajstić information content (AvgIpc) is 3.14. The van der Waals surface area contributed by atoms with Gasteiger partial charge in [0.05, 0.1) is 10.6 Å². The van der Waals surface area contributed by atoms with E-state index in [4.69, 9.17) is 0 Å². The number of hydrogen-bond acceptors (Lipinski definition) is 7. The highest BCUT2D eigenvalue weighted by atomic mass is 32.2. The van der Waals surface area contributed by atoms with Crippen molar-refractivity contribution < 1.29 is 21.6 Å². The zero-order chi connectivity index (χ0) is 20.9. The summed E-state index contributed by atoms with van der Waals surface area (Å²) in [5, 5.41) is 4.35. The number of benzene rings is 2. The fraction of sp³-hybridized carbons (Fsp3) is 0.111. The quantitative estimate of drug-likeness (QED) is 0.543. The highest BCUT2D eigenvalue weighted by Gasteiger charge is 2.19. The molecule has 0 saturated carbocycles. The number of thiazole rings is 1. The fourth-order valence-electron chi connectivity index (χ4n) is 2.44. The van der Waals surface area contributed by atoms with Gasteiger partial charge < -0.3 is 5.32 Å². The third-order valence-electron chi connectivity index (χ3n) is 3.68. The van der Waals surface area contributed by atoms with Crippen LogP contribution in [-0.2, 0) is 30.4 Å². The molecule has 29 heavy (non-hydrogen) atoms. The zero-order valence-electron chi connectivity index (χ0n) is 15.0. The number of nitrogens with zero attached hydrogens (tertiary/aromatic N) is 1. The first kappa shape index (κ1) is 21.0. The van der Waals surface area contributed by atoms with E-state index in [-0.39, 0.29) is 21.5 Å². The first-order valence-electron chi connectivity index (χ1n) is 8.30. The van der Waals surface area contributed by atoms with Crippen molar-refractivity contribution in [2.75, 3.05) is 15.8 Å². The van der Waals surface area contributed by atoms with E-state index in [2.05, 4.69) is 15.0 Å². The average molecular weight is 452 g/mol. The fourth-order valence-corrected chi connectivity index (χ4v) is 5.50. The van der Waals surface area contributed by atoms with Crippen molar-refractivity contribution in [3.63, 3.8) is 0 Å². The Labute approximate surface area is 172 Å². The smallest absolute Gasteiger partial charge is 0.263 e. The van der Waals surface area contributed by atoms with Crippen LogP contribution in [0.15, 0.2) is 71.1 Å². The lowest BCUT2D eigenvalue weighted by molar-refractivity contribution is -0.113. The molecule has 0 fully saturated rings. The molecule has 152 valence electrons. The maximum Gasteiger partial charge on any atom is 0.263 e. The molecule has 11 heteroatoms. The van der Waals surface area contributed by atoms with E-state index in [1.165, 1.54) is 30.5 Å². The van der Waals surface area contributed by atoms with Crippen LogP contribution in [0.25, 0.3) is 0 Å². The Kier molecular flexibility index (Phi) is 6.30. The van der Waals surface area contributed by atoms with Gasteiger partial charge in [0.1, 0.15) is 5.75 Å². The Morgan fingerprint density at radius 1 is 0.966 bits per heavy atom. The minimum absolute atomic E-state index is 0.0117. The van der Waals surface area contributed by atoms with E-state index in [1.54, 1.807) is 35.7 Å². The van der Waals surface area contributed by atoms with E-state index < -0.39 is 31.5 Å². The van der Waals surface area contributed by atoms with Crippen molar-refractivity contribution >= 4 is 47.9 Å². The molecule has 0 aliphatic rings. The maximum absolute atomic E-state index is 12.3. The first-order valence-corrected chi connectivity index (χ1v) is 12.5. The topological polar surface area (TPSA) is 122 Å². The Morgan fingerprint density at radius 3 is 2.28 bits per heavy atom. The molecular weight excluding hydrogens is 434 g/mol. The molecule has 0 atom stereocenters. The Balaban J connectivity index is 1.61. The van der Waals surface area contributed by atoms with Gasteiger partial charge in [-0.25, -0.2) is 21.8 Å². The van der Waals surface area contributed by atoms with E-state index in [0.29, 0.717) is 5.56 Å². The molecule has 0 aliphatic carbocycles. The Hall–Kier alpha value is -2.76. The zero-order valence-corrected chi connectivity index (χ0v) is 17.4. The minimum atomic E-state index is -3.80. The van der Waals surface area contributed by atoms with Gasteiger partial charge in [-0.3, -0.25) is 9.52 Å². The number of carbonyl (C=O) groups is 1. The molecule has 0 aliphatic heterocycles. The molecular formula is C18H17N3O5S3. The SMILES string of the molecule is O=C(CS(=O)(=O)Cc1ccccc1)Nc1ccc(S(=O)(=O)Nc2nccs2)cc1. The van der Waals surface area contributed by atoms with Crippen molar-refractivity contribution in [3.05, 3.63) is 71.7 Å². The second-order valence-corrected chi connectivity index (χ2v) is 10.7. The van der Waals surface area contributed by atoms with Crippen molar-refractivity contribution in [3.8, 4) is 0 Å². The number of sulfonamides is 1. The van der Waals surface area contributed by atoms with Gasteiger partial charge in [0, 0.05) is 17.3 Å². The van der Waals surface area contributed by atoms with E-state index in [9.17, 15) is 21.6 Å². The van der Waals surface area contributed by atoms with E-state index in [0.717, 1.165) is 11.3 Å². The molecule has 2 N–H and O–H groups in total. The molecule has 0 radical (unpaired) electrons. The largest absolute Gasteiger partial charge is 0.325 e. The number of hydrogen-bond donors (Lipinski definition) is 2. The van der Waals surface area contributed by atoms with Gasteiger partial charge in [-0.15, -0.1) is 11.3 Å². The van der Waals surface area contributed by atoms with Crippen molar-refractivity contribution in [2.45, 2.75) is 10.6 Å². The van der Waals surface area contributed by atoms with Crippen LogP contribution >= 0.6 is 11.3 Å². The van der Waals surface area contributed by atoms with Crippen LogP contribution in [-0.4, -0.2) is 33.5 Å². The number of aromatic nitrogens is 1. The third kappa shape index (κ3) is 6.11. The molecule has 1 heterocycles. The van der Waals surface area contributed by atoms with Crippen molar-refractivity contribution in [2.24, 2.45) is 0 Å². The molecule has 1 amide bonds. The Morgan fingerprint density at radius 2 is 1.66 bits per heavy atom. The molecule has 0 unspecified atom stereocenters.